The van der Waals surface area contributed by atoms with E-state index in [1.165, 1.54) is 16.3 Å². The van der Waals surface area contributed by atoms with Crippen molar-refractivity contribution in [1.82, 2.24) is 14.9 Å². The highest BCUT2D eigenvalue weighted by molar-refractivity contribution is 5.86. The van der Waals surface area contributed by atoms with Crippen LogP contribution in [0.1, 0.15) is 30.8 Å². The Kier molecular flexibility index (Phi) is 4.02. The molecule has 0 saturated heterocycles. The van der Waals surface area contributed by atoms with Crippen LogP contribution in [0.3, 0.4) is 0 Å². The molecule has 0 aliphatic carbocycles. The molecule has 0 aliphatic heterocycles. The van der Waals surface area contributed by atoms with Crippen molar-refractivity contribution in [2.45, 2.75) is 25.9 Å². The number of fused-ring (bicyclic) bond motifs is 1. The maximum Gasteiger partial charge on any atom is 0.130 e. The molecule has 0 radical (unpaired) electrons. The van der Waals surface area contributed by atoms with Crippen LogP contribution in [0.2, 0.25) is 0 Å². The lowest BCUT2D eigenvalue weighted by Crippen LogP contribution is -2.22. The van der Waals surface area contributed by atoms with E-state index in [0.717, 1.165) is 18.8 Å². The number of nitrogens with zero attached hydrogens (tertiary/aromatic N) is 2. The summed E-state index contributed by atoms with van der Waals surface area (Å²) < 4.78 is 2.24. The minimum atomic E-state index is 0.109. The number of aryl methyl sites for hydroxylation is 1. The molecule has 3 heteroatoms. The molecule has 0 spiro atoms. The van der Waals surface area contributed by atoms with E-state index in [4.69, 9.17) is 0 Å². The molecule has 1 N–H and O–H groups in total. The number of hydrogen-bond acceptors (Lipinski definition) is 2. The van der Waals surface area contributed by atoms with Crippen molar-refractivity contribution in [2.75, 3.05) is 7.05 Å². The van der Waals surface area contributed by atoms with Crippen LogP contribution in [0.25, 0.3) is 10.8 Å². The van der Waals surface area contributed by atoms with Gasteiger partial charge in [-0.3, -0.25) is 0 Å². The Morgan fingerprint density at radius 1 is 1.14 bits per heavy atom. The number of rotatable bonds is 5. The highest BCUT2D eigenvalue weighted by Crippen LogP contribution is 2.28. The van der Waals surface area contributed by atoms with E-state index >= 15 is 0 Å². The second kappa shape index (κ2) is 6.10. The lowest BCUT2D eigenvalue weighted by atomic mass is 9.98. The molecule has 1 heterocycles. The summed E-state index contributed by atoms with van der Waals surface area (Å²) in [5.74, 6) is 1.08. The molecular formula is C18H21N3. The Labute approximate surface area is 125 Å². The predicted octanol–water partition coefficient (Wildman–Crippen LogP) is 3.76. The molecule has 3 nitrogen and oxygen atoms in total. The summed E-state index contributed by atoms with van der Waals surface area (Å²) in [6, 6.07) is 15.1. The highest BCUT2D eigenvalue weighted by Gasteiger charge is 2.19. The van der Waals surface area contributed by atoms with Crippen molar-refractivity contribution in [3.63, 3.8) is 0 Å². The molecule has 3 rings (SSSR count). The smallest absolute Gasteiger partial charge is 0.130 e. The van der Waals surface area contributed by atoms with Crippen LogP contribution in [0.15, 0.2) is 54.9 Å². The van der Waals surface area contributed by atoms with Crippen LogP contribution < -0.4 is 5.32 Å². The van der Waals surface area contributed by atoms with Gasteiger partial charge < -0.3 is 9.88 Å². The summed E-state index contributed by atoms with van der Waals surface area (Å²) in [4.78, 5) is 4.59. The zero-order chi connectivity index (χ0) is 14.7. The molecular weight excluding hydrogens is 258 g/mol. The Morgan fingerprint density at radius 3 is 2.76 bits per heavy atom. The summed E-state index contributed by atoms with van der Waals surface area (Å²) in [6.07, 6.45) is 5.06. The molecule has 0 saturated carbocycles. The van der Waals surface area contributed by atoms with Gasteiger partial charge in [-0.15, -0.1) is 0 Å². The van der Waals surface area contributed by atoms with Crippen LogP contribution >= 0.6 is 0 Å². The maximum atomic E-state index is 4.59. The van der Waals surface area contributed by atoms with Crippen molar-refractivity contribution in [3.05, 3.63) is 66.2 Å². The van der Waals surface area contributed by atoms with Crippen LogP contribution in [-0.2, 0) is 6.54 Å². The van der Waals surface area contributed by atoms with Crippen molar-refractivity contribution in [3.8, 4) is 0 Å². The molecule has 1 atom stereocenters. The van der Waals surface area contributed by atoms with Crippen LogP contribution in [0.5, 0.6) is 0 Å². The Morgan fingerprint density at radius 2 is 1.95 bits per heavy atom. The Balaban J connectivity index is 2.12. The standard InChI is InChI=1S/C18H21N3/c1-3-12-21-13-11-20-18(21)17(19-2)16-10-6-8-14-7-4-5-9-15(14)16/h4-11,13,17,19H,3,12H2,1-2H3. The summed E-state index contributed by atoms with van der Waals surface area (Å²) in [7, 11) is 2.00. The Bertz CT molecular complexity index is 725. The molecule has 0 amide bonds. The van der Waals surface area contributed by atoms with Gasteiger partial charge in [0.2, 0.25) is 0 Å². The fourth-order valence-corrected chi connectivity index (χ4v) is 2.94. The molecule has 2 aromatic carbocycles. The number of hydrogen-bond donors (Lipinski definition) is 1. The molecule has 1 unspecified atom stereocenters. The van der Waals surface area contributed by atoms with Crippen molar-refractivity contribution in [2.24, 2.45) is 0 Å². The third-order valence-electron chi connectivity index (χ3n) is 3.89. The molecule has 0 bridgehead atoms. The first-order valence-corrected chi connectivity index (χ1v) is 7.51. The summed E-state index contributed by atoms with van der Waals surface area (Å²) in [6.45, 7) is 3.19. The SMILES string of the molecule is CCCn1ccnc1C(NC)c1cccc2ccccc12. The van der Waals surface area contributed by atoms with E-state index in [0.29, 0.717) is 0 Å². The zero-order valence-electron chi connectivity index (χ0n) is 12.6. The van der Waals surface area contributed by atoms with Gasteiger partial charge in [-0.2, -0.15) is 0 Å². The first kappa shape index (κ1) is 13.8. The first-order valence-electron chi connectivity index (χ1n) is 7.51. The number of aromatic nitrogens is 2. The van der Waals surface area contributed by atoms with E-state index in [2.05, 4.69) is 70.5 Å². The van der Waals surface area contributed by atoms with Crippen LogP contribution in [-0.4, -0.2) is 16.6 Å². The van der Waals surface area contributed by atoms with Gasteiger partial charge >= 0.3 is 0 Å². The minimum absolute atomic E-state index is 0.109. The van der Waals surface area contributed by atoms with Crippen LogP contribution in [0.4, 0.5) is 0 Å². The van der Waals surface area contributed by atoms with E-state index in [-0.39, 0.29) is 6.04 Å². The molecule has 3 aromatic rings. The van der Waals surface area contributed by atoms with E-state index in [1.54, 1.807) is 0 Å². The van der Waals surface area contributed by atoms with E-state index in [9.17, 15) is 0 Å². The van der Waals surface area contributed by atoms with Gasteiger partial charge in [0, 0.05) is 18.9 Å². The van der Waals surface area contributed by atoms with Crippen molar-refractivity contribution in [1.29, 1.82) is 0 Å². The van der Waals surface area contributed by atoms with Gasteiger partial charge in [-0.05, 0) is 29.8 Å². The van der Waals surface area contributed by atoms with E-state index in [1.807, 2.05) is 13.2 Å². The lowest BCUT2D eigenvalue weighted by molar-refractivity contribution is 0.570. The summed E-state index contributed by atoms with van der Waals surface area (Å²) in [5.41, 5.74) is 1.28. The number of benzene rings is 2. The van der Waals surface area contributed by atoms with Crippen LogP contribution in [0, 0.1) is 0 Å². The van der Waals surface area contributed by atoms with Gasteiger partial charge in [0.25, 0.3) is 0 Å². The summed E-state index contributed by atoms with van der Waals surface area (Å²) >= 11 is 0. The molecule has 0 fully saturated rings. The zero-order valence-corrected chi connectivity index (χ0v) is 12.6. The van der Waals surface area contributed by atoms with Crippen molar-refractivity contribution >= 4 is 10.8 Å². The topological polar surface area (TPSA) is 29.9 Å². The van der Waals surface area contributed by atoms with Gasteiger partial charge in [0.1, 0.15) is 5.82 Å². The average molecular weight is 279 g/mol. The van der Waals surface area contributed by atoms with Gasteiger partial charge in [-0.1, -0.05) is 49.4 Å². The minimum Gasteiger partial charge on any atom is -0.333 e. The predicted molar refractivity (Wildman–Crippen MR) is 87.4 cm³/mol. The lowest BCUT2D eigenvalue weighted by Gasteiger charge is -2.19. The van der Waals surface area contributed by atoms with Gasteiger partial charge in [0.05, 0.1) is 6.04 Å². The summed E-state index contributed by atoms with van der Waals surface area (Å²) in [5, 5.41) is 5.98. The second-order valence-corrected chi connectivity index (χ2v) is 5.27. The largest absolute Gasteiger partial charge is 0.333 e. The van der Waals surface area contributed by atoms with Crippen molar-refractivity contribution < 1.29 is 0 Å². The molecule has 1 aromatic heterocycles. The maximum absolute atomic E-state index is 4.59. The normalized spacial score (nSPS) is 12.7. The Hall–Kier alpha value is -2.13. The fourth-order valence-electron chi connectivity index (χ4n) is 2.94. The van der Waals surface area contributed by atoms with Gasteiger partial charge in [-0.25, -0.2) is 4.98 Å². The number of imidazole rings is 1. The quantitative estimate of drug-likeness (QED) is 0.770. The molecule has 0 aliphatic rings. The van der Waals surface area contributed by atoms with E-state index < -0.39 is 0 Å². The van der Waals surface area contributed by atoms with Gasteiger partial charge in [0.15, 0.2) is 0 Å². The first-order chi connectivity index (χ1) is 10.3. The molecule has 21 heavy (non-hydrogen) atoms. The number of nitrogens with one attached hydrogen (secondary N) is 1. The third kappa shape index (κ3) is 2.57. The second-order valence-electron chi connectivity index (χ2n) is 5.27. The third-order valence-corrected chi connectivity index (χ3v) is 3.89. The highest BCUT2D eigenvalue weighted by atomic mass is 15.1. The molecule has 108 valence electrons. The monoisotopic (exact) mass is 279 g/mol. The average Bonchev–Trinajstić information content (AvgIpc) is 2.97. The fraction of sp³-hybridized carbons (Fsp3) is 0.278.